The monoisotopic (exact) mass is 287 g/mol. The molecule has 0 atom stereocenters. The topological polar surface area (TPSA) is 67.0 Å². The van der Waals surface area contributed by atoms with Crippen molar-refractivity contribution in [3.05, 3.63) is 41.2 Å². The largest absolute Gasteiger partial charge is 0.484 e. The Hall–Kier alpha value is -2.30. The first kappa shape index (κ1) is 15.1. The van der Waals surface area contributed by atoms with E-state index in [4.69, 9.17) is 4.74 Å². The van der Waals surface area contributed by atoms with Gasteiger partial charge in [-0.2, -0.15) is 5.10 Å². The highest BCUT2D eigenvalue weighted by molar-refractivity contribution is 5.92. The quantitative estimate of drug-likeness (QED) is 0.887. The smallest absolute Gasteiger partial charge is 0.262 e. The minimum absolute atomic E-state index is 0.0227. The lowest BCUT2D eigenvalue weighted by atomic mass is 10.0. The summed E-state index contributed by atoms with van der Waals surface area (Å²) in [7, 11) is 0. The fourth-order valence-electron chi connectivity index (χ4n) is 2.01. The van der Waals surface area contributed by atoms with Gasteiger partial charge < -0.3 is 10.1 Å². The molecule has 2 aromatic rings. The molecular weight excluding hydrogens is 266 g/mol. The van der Waals surface area contributed by atoms with Gasteiger partial charge in [0.2, 0.25) is 0 Å². The normalized spacial score (nSPS) is 10.7. The van der Waals surface area contributed by atoms with Crippen molar-refractivity contribution in [1.82, 2.24) is 10.2 Å². The number of ether oxygens (including phenoxy) is 1. The summed E-state index contributed by atoms with van der Waals surface area (Å²) in [6, 6.07) is 7.80. The van der Waals surface area contributed by atoms with Crippen LogP contribution in [0.25, 0.3) is 0 Å². The number of carbonyl (C=O) groups excluding carboxylic acids is 1. The second-order valence-electron chi connectivity index (χ2n) is 5.37. The summed E-state index contributed by atoms with van der Waals surface area (Å²) in [5.74, 6) is 0.972. The number of H-pyrrole nitrogens is 1. The Bertz CT molecular complexity index is 595. The van der Waals surface area contributed by atoms with Gasteiger partial charge >= 0.3 is 0 Å². The van der Waals surface area contributed by atoms with E-state index in [1.165, 1.54) is 5.56 Å². The van der Waals surface area contributed by atoms with E-state index in [1.54, 1.807) is 0 Å². The predicted octanol–water partition coefficient (Wildman–Crippen LogP) is 3.17. The van der Waals surface area contributed by atoms with E-state index < -0.39 is 0 Å². The van der Waals surface area contributed by atoms with Crippen molar-refractivity contribution in [1.29, 1.82) is 0 Å². The van der Waals surface area contributed by atoms with Crippen LogP contribution in [-0.4, -0.2) is 22.7 Å². The average molecular weight is 287 g/mol. The van der Waals surface area contributed by atoms with E-state index >= 15 is 0 Å². The first-order valence-electron chi connectivity index (χ1n) is 7.01. The molecule has 0 aliphatic heterocycles. The maximum Gasteiger partial charge on any atom is 0.262 e. The van der Waals surface area contributed by atoms with Crippen LogP contribution in [0.2, 0.25) is 0 Å². The third kappa shape index (κ3) is 3.84. The Morgan fingerprint density at radius 2 is 1.95 bits per heavy atom. The van der Waals surface area contributed by atoms with Crippen LogP contribution < -0.4 is 10.1 Å². The van der Waals surface area contributed by atoms with Gasteiger partial charge in [0.25, 0.3) is 5.91 Å². The molecule has 2 rings (SSSR count). The molecule has 0 fully saturated rings. The highest BCUT2D eigenvalue weighted by Crippen LogP contribution is 2.19. The summed E-state index contributed by atoms with van der Waals surface area (Å²) in [5, 5.41) is 9.66. The van der Waals surface area contributed by atoms with Crippen molar-refractivity contribution in [3.63, 3.8) is 0 Å². The van der Waals surface area contributed by atoms with E-state index in [0.29, 0.717) is 11.7 Å². The van der Waals surface area contributed by atoms with Crippen LogP contribution >= 0.6 is 0 Å². The fraction of sp³-hybridized carbons (Fsp3) is 0.375. The van der Waals surface area contributed by atoms with Gasteiger partial charge in [0.1, 0.15) is 5.75 Å². The molecule has 21 heavy (non-hydrogen) atoms. The van der Waals surface area contributed by atoms with Crippen molar-refractivity contribution < 1.29 is 9.53 Å². The van der Waals surface area contributed by atoms with Crippen LogP contribution in [0.5, 0.6) is 5.75 Å². The molecule has 2 N–H and O–H groups in total. The number of anilines is 1. The molecule has 0 spiro atoms. The summed E-state index contributed by atoms with van der Waals surface area (Å²) in [4.78, 5) is 11.9. The lowest BCUT2D eigenvalue weighted by molar-refractivity contribution is -0.118. The highest BCUT2D eigenvalue weighted by Gasteiger charge is 2.10. The number of aryl methyl sites for hydroxylation is 2. The first-order valence-corrected chi connectivity index (χ1v) is 7.01. The summed E-state index contributed by atoms with van der Waals surface area (Å²) >= 11 is 0. The average Bonchev–Trinajstić information content (AvgIpc) is 2.77. The molecule has 0 unspecified atom stereocenters. The maximum absolute atomic E-state index is 11.9. The Kier molecular flexibility index (Phi) is 4.62. The molecule has 5 heteroatoms. The second-order valence-corrected chi connectivity index (χ2v) is 5.37. The third-order valence-electron chi connectivity index (χ3n) is 3.31. The number of hydrogen-bond acceptors (Lipinski definition) is 3. The number of benzene rings is 1. The summed E-state index contributed by atoms with van der Waals surface area (Å²) in [6.07, 6.45) is 0. The van der Waals surface area contributed by atoms with Crippen LogP contribution in [0, 0.1) is 13.8 Å². The maximum atomic E-state index is 11.9. The van der Waals surface area contributed by atoms with Crippen molar-refractivity contribution >= 4 is 11.6 Å². The van der Waals surface area contributed by atoms with Crippen molar-refractivity contribution in [2.75, 3.05) is 11.9 Å². The zero-order chi connectivity index (χ0) is 15.4. The van der Waals surface area contributed by atoms with E-state index in [9.17, 15) is 4.79 Å². The minimum atomic E-state index is -0.199. The van der Waals surface area contributed by atoms with E-state index in [2.05, 4.69) is 29.4 Å². The van der Waals surface area contributed by atoms with E-state index in [-0.39, 0.29) is 12.5 Å². The van der Waals surface area contributed by atoms with Crippen LogP contribution in [0.4, 0.5) is 5.69 Å². The van der Waals surface area contributed by atoms with Gasteiger partial charge in [-0.25, -0.2) is 0 Å². The van der Waals surface area contributed by atoms with Crippen LogP contribution in [0.1, 0.15) is 36.7 Å². The molecule has 0 aliphatic carbocycles. The number of carbonyl (C=O) groups is 1. The molecule has 1 aromatic carbocycles. The van der Waals surface area contributed by atoms with Gasteiger partial charge in [-0.15, -0.1) is 0 Å². The standard InChI is InChI=1S/C16H21N3O2/c1-10(2)13-5-7-14(8-6-13)21-9-15(20)17-16-11(3)18-19-12(16)4/h5-8,10H,9H2,1-4H3,(H,17,20)(H,18,19). The van der Waals surface area contributed by atoms with Crippen LogP contribution in [-0.2, 0) is 4.79 Å². The molecule has 0 aliphatic rings. The minimum Gasteiger partial charge on any atom is -0.484 e. The SMILES string of the molecule is Cc1n[nH]c(C)c1NC(=O)COc1ccc(C(C)C)cc1. The summed E-state index contributed by atoms with van der Waals surface area (Å²) in [5.41, 5.74) is 3.57. The highest BCUT2D eigenvalue weighted by atomic mass is 16.5. The van der Waals surface area contributed by atoms with Crippen LogP contribution in [0.15, 0.2) is 24.3 Å². The van der Waals surface area contributed by atoms with E-state index in [1.807, 2.05) is 38.1 Å². The van der Waals surface area contributed by atoms with Crippen molar-refractivity contribution in [3.8, 4) is 5.75 Å². The molecular formula is C16H21N3O2. The zero-order valence-electron chi connectivity index (χ0n) is 12.9. The van der Waals surface area contributed by atoms with Crippen molar-refractivity contribution in [2.24, 2.45) is 0 Å². The van der Waals surface area contributed by atoms with Gasteiger partial charge in [-0.05, 0) is 37.5 Å². The molecule has 0 saturated heterocycles. The van der Waals surface area contributed by atoms with Gasteiger partial charge in [0, 0.05) is 0 Å². The van der Waals surface area contributed by atoms with Gasteiger partial charge in [0.15, 0.2) is 6.61 Å². The molecule has 5 nitrogen and oxygen atoms in total. The lowest BCUT2D eigenvalue weighted by Gasteiger charge is -2.09. The number of amides is 1. The molecule has 1 aromatic heterocycles. The Labute approximate surface area is 124 Å². The first-order chi connectivity index (χ1) is 9.97. The number of aromatic amines is 1. The number of nitrogens with zero attached hydrogens (tertiary/aromatic N) is 1. The number of aromatic nitrogens is 2. The summed E-state index contributed by atoms with van der Waals surface area (Å²) in [6.45, 7) is 7.95. The van der Waals surface area contributed by atoms with Crippen molar-refractivity contribution in [2.45, 2.75) is 33.6 Å². The van der Waals surface area contributed by atoms with Crippen LogP contribution in [0.3, 0.4) is 0 Å². The van der Waals surface area contributed by atoms with Gasteiger partial charge in [-0.1, -0.05) is 26.0 Å². The lowest BCUT2D eigenvalue weighted by Crippen LogP contribution is -2.20. The third-order valence-corrected chi connectivity index (χ3v) is 3.31. The second kappa shape index (κ2) is 6.43. The Morgan fingerprint density at radius 1 is 1.29 bits per heavy atom. The van der Waals surface area contributed by atoms with E-state index in [0.717, 1.165) is 17.1 Å². The number of rotatable bonds is 5. The molecule has 112 valence electrons. The van der Waals surface area contributed by atoms with Gasteiger partial charge in [-0.3, -0.25) is 9.89 Å². The Balaban J connectivity index is 1.89. The van der Waals surface area contributed by atoms with Gasteiger partial charge in [0.05, 0.1) is 17.1 Å². The number of hydrogen-bond donors (Lipinski definition) is 2. The molecule has 0 radical (unpaired) electrons. The molecule has 1 heterocycles. The predicted molar refractivity (Wildman–Crippen MR) is 82.7 cm³/mol. The Morgan fingerprint density at radius 3 is 2.48 bits per heavy atom. The molecule has 1 amide bonds. The number of nitrogens with one attached hydrogen (secondary N) is 2. The zero-order valence-corrected chi connectivity index (χ0v) is 12.9. The molecule has 0 bridgehead atoms. The molecule has 0 saturated carbocycles. The fourth-order valence-corrected chi connectivity index (χ4v) is 2.01. The summed E-state index contributed by atoms with van der Waals surface area (Å²) < 4.78 is 5.49.